The first-order valence-electron chi connectivity index (χ1n) is 9.72. The maximum Gasteiger partial charge on any atom is 0.416 e. The highest BCUT2D eigenvalue weighted by Gasteiger charge is 2.30. The number of nitrogens with zero attached hydrogens (tertiary/aromatic N) is 2. The van der Waals surface area contributed by atoms with Crippen LogP contribution in [0.2, 0.25) is 0 Å². The van der Waals surface area contributed by atoms with E-state index in [2.05, 4.69) is 10.5 Å². The maximum absolute atomic E-state index is 12.8. The van der Waals surface area contributed by atoms with Crippen LogP contribution in [0.15, 0.2) is 82.8 Å². The van der Waals surface area contributed by atoms with Gasteiger partial charge in [-0.05, 0) is 35.9 Å². The van der Waals surface area contributed by atoms with Crippen molar-refractivity contribution in [2.45, 2.75) is 17.5 Å². The Bertz CT molecular complexity index is 1370. The standard InChI is InChI=1S/C22H16F3N3O6S/c23-22(24,25)17-6-3-4-15(12-17)13-21(29)27-26-14-16-5-1-2-7-20(16)34-35(32,33)19-10-8-18(9-11-19)28(30)31/h1-12,14H,13H2,(H,27,29). The van der Waals surface area contributed by atoms with Crippen molar-refractivity contribution in [2.24, 2.45) is 5.10 Å². The molecule has 0 atom stereocenters. The Morgan fingerprint density at radius 2 is 1.74 bits per heavy atom. The van der Waals surface area contributed by atoms with Gasteiger partial charge < -0.3 is 4.18 Å². The van der Waals surface area contributed by atoms with Gasteiger partial charge in [0.1, 0.15) is 4.90 Å². The van der Waals surface area contributed by atoms with Gasteiger partial charge in [-0.25, -0.2) is 5.43 Å². The van der Waals surface area contributed by atoms with E-state index in [1.807, 2.05) is 0 Å². The molecule has 0 saturated heterocycles. The Labute approximate surface area is 197 Å². The van der Waals surface area contributed by atoms with E-state index in [0.717, 1.165) is 42.6 Å². The zero-order chi connectivity index (χ0) is 25.6. The fourth-order valence-corrected chi connectivity index (χ4v) is 3.77. The Morgan fingerprint density at radius 1 is 1.06 bits per heavy atom. The van der Waals surface area contributed by atoms with Gasteiger partial charge in [-0.2, -0.15) is 26.7 Å². The first-order chi connectivity index (χ1) is 16.5. The molecule has 13 heteroatoms. The van der Waals surface area contributed by atoms with Gasteiger partial charge in [0.25, 0.3) is 5.69 Å². The second-order valence-corrected chi connectivity index (χ2v) is 8.54. The molecule has 0 fully saturated rings. The van der Waals surface area contributed by atoms with Gasteiger partial charge in [0, 0.05) is 17.7 Å². The van der Waals surface area contributed by atoms with Gasteiger partial charge >= 0.3 is 16.3 Å². The minimum absolute atomic E-state index is 0.130. The molecule has 3 aromatic rings. The number of amides is 1. The van der Waals surface area contributed by atoms with Gasteiger partial charge in [0.15, 0.2) is 5.75 Å². The van der Waals surface area contributed by atoms with E-state index in [9.17, 15) is 36.5 Å². The number of nitro benzene ring substituents is 1. The summed E-state index contributed by atoms with van der Waals surface area (Å²) in [6, 6.07) is 14.2. The Hall–Kier alpha value is -4.26. The zero-order valence-corrected chi connectivity index (χ0v) is 18.4. The topological polar surface area (TPSA) is 128 Å². The number of hydrogen-bond donors (Lipinski definition) is 1. The van der Waals surface area contributed by atoms with E-state index in [1.54, 1.807) is 6.07 Å². The lowest BCUT2D eigenvalue weighted by Gasteiger charge is -2.09. The molecule has 1 amide bonds. The van der Waals surface area contributed by atoms with E-state index in [0.29, 0.717) is 0 Å². The van der Waals surface area contributed by atoms with Crippen LogP contribution in [-0.2, 0) is 27.5 Å². The molecule has 0 saturated carbocycles. The first kappa shape index (κ1) is 25.4. The monoisotopic (exact) mass is 507 g/mol. The predicted octanol–water partition coefficient (Wildman–Crippen LogP) is 4.07. The molecule has 182 valence electrons. The van der Waals surface area contributed by atoms with Gasteiger partial charge in [0.2, 0.25) is 5.91 Å². The average Bonchev–Trinajstić information content (AvgIpc) is 2.79. The minimum atomic E-state index is -4.54. The normalized spacial score (nSPS) is 11.9. The number of para-hydroxylation sites is 1. The van der Waals surface area contributed by atoms with E-state index in [-0.39, 0.29) is 33.9 Å². The van der Waals surface area contributed by atoms with E-state index in [4.69, 9.17) is 4.18 Å². The number of rotatable bonds is 8. The molecule has 35 heavy (non-hydrogen) atoms. The molecule has 0 aliphatic heterocycles. The van der Waals surface area contributed by atoms with Crippen molar-refractivity contribution in [2.75, 3.05) is 0 Å². The Balaban J connectivity index is 1.68. The van der Waals surface area contributed by atoms with Crippen molar-refractivity contribution in [1.29, 1.82) is 0 Å². The van der Waals surface area contributed by atoms with Crippen LogP contribution in [0.5, 0.6) is 5.75 Å². The minimum Gasteiger partial charge on any atom is -0.378 e. The van der Waals surface area contributed by atoms with Crippen LogP contribution in [0.1, 0.15) is 16.7 Å². The van der Waals surface area contributed by atoms with Crippen molar-refractivity contribution in [3.05, 3.63) is 99.6 Å². The molecule has 3 aromatic carbocycles. The third-order valence-corrected chi connectivity index (χ3v) is 5.72. The lowest BCUT2D eigenvalue weighted by Crippen LogP contribution is -2.20. The number of hydrogen-bond acceptors (Lipinski definition) is 7. The summed E-state index contributed by atoms with van der Waals surface area (Å²) in [7, 11) is -4.34. The summed E-state index contributed by atoms with van der Waals surface area (Å²) in [5.74, 6) is -0.834. The summed E-state index contributed by atoms with van der Waals surface area (Å²) in [4.78, 5) is 21.8. The van der Waals surface area contributed by atoms with Crippen molar-refractivity contribution in [3.63, 3.8) is 0 Å². The van der Waals surface area contributed by atoms with Crippen LogP contribution in [0, 0.1) is 10.1 Å². The molecule has 0 radical (unpaired) electrons. The fourth-order valence-electron chi connectivity index (χ4n) is 2.82. The lowest BCUT2D eigenvalue weighted by atomic mass is 10.1. The quantitative estimate of drug-likeness (QED) is 0.212. The van der Waals surface area contributed by atoms with Crippen LogP contribution in [0.3, 0.4) is 0 Å². The molecule has 3 rings (SSSR count). The third kappa shape index (κ3) is 6.86. The van der Waals surface area contributed by atoms with Crippen molar-refractivity contribution < 1.29 is 35.5 Å². The number of hydrazone groups is 1. The lowest BCUT2D eigenvalue weighted by molar-refractivity contribution is -0.384. The van der Waals surface area contributed by atoms with E-state index in [1.165, 1.54) is 30.3 Å². The number of nitrogens with one attached hydrogen (secondary N) is 1. The van der Waals surface area contributed by atoms with Crippen molar-refractivity contribution >= 4 is 27.9 Å². The van der Waals surface area contributed by atoms with Crippen LogP contribution in [0.25, 0.3) is 0 Å². The fraction of sp³-hybridized carbons (Fsp3) is 0.0909. The highest BCUT2D eigenvalue weighted by Crippen LogP contribution is 2.29. The van der Waals surface area contributed by atoms with Gasteiger partial charge in [-0.15, -0.1) is 0 Å². The first-order valence-corrected chi connectivity index (χ1v) is 11.1. The Kier molecular flexibility index (Phi) is 7.49. The number of carbonyl (C=O) groups excluding carboxylic acids is 1. The van der Waals surface area contributed by atoms with Gasteiger partial charge in [0.05, 0.1) is 23.1 Å². The average molecular weight is 507 g/mol. The summed E-state index contributed by atoms with van der Waals surface area (Å²) in [6.07, 6.45) is -3.80. The summed E-state index contributed by atoms with van der Waals surface area (Å²) in [5.41, 5.74) is 1.27. The summed E-state index contributed by atoms with van der Waals surface area (Å²) in [6.45, 7) is 0. The maximum atomic E-state index is 12.8. The zero-order valence-electron chi connectivity index (χ0n) is 17.6. The molecule has 0 unspecified atom stereocenters. The van der Waals surface area contributed by atoms with Gasteiger partial charge in [-0.3, -0.25) is 14.9 Å². The molecule has 1 N–H and O–H groups in total. The number of benzene rings is 3. The molecule has 9 nitrogen and oxygen atoms in total. The molecule has 0 aromatic heterocycles. The second-order valence-electron chi connectivity index (χ2n) is 6.99. The smallest absolute Gasteiger partial charge is 0.378 e. The highest BCUT2D eigenvalue weighted by molar-refractivity contribution is 7.87. The molecular weight excluding hydrogens is 491 g/mol. The predicted molar refractivity (Wildman–Crippen MR) is 118 cm³/mol. The number of alkyl halides is 3. The molecule has 0 spiro atoms. The van der Waals surface area contributed by atoms with Crippen LogP contribution >= 0.6 is 0 Å². The van der Waals surface area contributed by atoms with E-state index >= 15 is 0 Å². The van der Waals surface area contributed by atoms with Crippen LogP contribution in [-0.4, -0.2) is 25.5 Å². The highest BCUT2D eigenvalue weighted by atomic mass is 32.2. The molecular formula is C22H16F3N3O6S. The second kappa shape index (κ2) is 10.3. The summed E-state index contributed by atoms with van der Waals surface area (Å²) >= 11 is 0. The summed E-state index contributed by atoms with van der Waals surface area (Å²) < 4.78 is 68.6. The van der Waals surface area contributed by atoms with Crippen LogP contribution in [0.4, 0.5) is 18.9 Å². The number of nitro groups is 1. The molecule has 0 heterocycles. The SMILES string of the molecule is O=C(Cc1cccc(C(F)(F)F)c1)NN=Cc1ccccc1OS(=O)(=O)c1ccc([N+](=O)[O-])cc1. The molecule has 0 aliphatic carbocycles. The van der Waals surface area contributed by atoms with Crippen LogP contribution < -0.4 is 9.61 Å². The third-order valence-electron chi connectivity index (χ3n) is 4.47. The number of carbonyl (C=O) groups is 1. The molecule has 0 bridgehead atoms. The number of halogens is 3. The number of non-ortho nitro benzene ring substituents is 1. The van der Waals surface area contributed by atoms with Gasteiger partial charge in [-0.1, -0.05) is 30.3 Å². The Morgan fingerprint density at radius 3 is 2.40 bits per heavy atom. The molecule has 0 aliphatic rings. The summed E-state index contributed by atoms with van der Waals surface area (Å²) in [5, 5.41) is 14.4. The largest absolute Gasteiger partial charge is 0.416 e. The van der Waals surface area contributed by atoms with Crippen molar-refractivity contribution in [3.8, 4) is 5.75 Å². The van der Waals surface area contributed by atoms with Crippen molar-refractivity contribution in [1.82, 2.24) is 5.43 Å². The van der Waals surface area contributed by atoms with E-state index < -0.39 is 32.7 Å².